The number of amides is 1. The number of anilines is 1. The molecule has 0 spiro atoms. The molecule has 7 heteroatoms. The van der Waals surface area contributed by atoms with Gasteiger partial charge in [-0.05, 0) is 30.2 Å². The van der Waals surface area contributed by atoms with Crippen LogP contribution in [0.2, 0.25) is 0 Å². The number of nitrogens with one attached hydrogen (secondary N) is 2. The van der Waals surface area contributed by atoms with Gasteiger partial charge in [-0.25, -0.2) is 4.68 Å². The Hall–Kier alpha value is -3.92. The molecule has 2 aromatic carbocycles. The Morgan fingerprint density at radius 1 is 1.21 bits per heavy atom. The van der Waals surface area contributed by atoms with Gasteiger partial charge in [-0.15, -0.1) is 0 Å². The summed E-state index contributed by atoms with van der Waals surface area (Å²) >= 11 is 0. The first-order valence-electron chi connectivity index (χ1n) is 8.87. The van der Waals surface area contributed by atoms with Crippen LogP contribution in [0.3, 0.4) is 0 Å². The molecular formula is C21H18N6O. The Balaban J connectivity index is 1.68. The maximum atomic E-state index is 13.1. The molecule has 2 heterocycles. The van der Waals surface area contributed by atoms with Gasteiger partial charge in [0.05, 0.1) is 17.2 Å². The van der Waals surface area contributed by atoms with E-state index in [1.54, 1.807) is 16.8 Å². The Morgan fingerprint density at radius 2 is 1.96 bits per heavy atom. The topological polar surface area (TPSA) is 95.6 Å². The minimum atomic E-state index is -0.428. The van der Waals surface area contributed by atoms with Crippen molar-refractivity contribution in [2.45, 2.75) is 19.5 Å². The summed E-state index contributed by atoms with van der Waals surface area (Å²) in [6, 6.07) is 18.6. The lowest BCUT2D eigenvalue weighted by atomic mass is 9.94. The van der Waals surface area contributed by atoms with Crippen LogP contribution >= 0.6 is 0 Å². The summed E-state index contributed by atoms with van der Waals surface area (Å²) in [6.07, 6.45) is 1.46. The molecule has 28 heavy (non-hydrogen) atoms. The first-order valence-corrected chi connectivity index (χ1v) is 8.87. The van der Waals surface area contributed by atoms with Crippen molar-refractivity contribution in [1.29, 1.82) is 5.26 Å². The molecule has 0 fully saturated rings. The van der Waals surface area contributed by atoms with Gasteiger partial charge in [-0.2, -0.15) is 15.3 Å². The van der Waals surface area contributed by atoms with Crippen LogP contribution < -0.4 is 10.6 Å². The molecule has 0 radical (unpaired) electrons. The van der Waals surface area contributed by atoms with Crippen molar-refractivity contribution in [2.75, 3.05) is 5.32 Å². The summed E-state index contributed by atoms with van der Waals surface area (Å²) in [6.45, 7) is 2.28. The Labute approximate surface area is 162 Å². The number of nitrogens with zero attached hydrogens (tertiary/aromatic N) is 4. The summed E-state index contributed by atoms with van der Waals surface area (Å²) in [5, 5.41) is 19.5. The summed E-state index contributed by atoms with van der Waals surface area (Å²) in [4.78, 5) is 17.3. The lowest BCUT2D eigenvalue weighted by Gasteiger charge is -2.28. The molecule has 138 valence electrons. The van der Waals surface area contributed by atoms with Crippen LogP contribution in [0.4, 0.5) is 5.95 Å². The van der Waals surface area contributed by atoms with E-state index in [1.807, 2.05) is 49.4 Å². The van der Waals surface area contributed by atoms with Crippen LogP contribution in [-0.4, -0.2) is 20.7 Å². The monoisotopic (exact) mass is 370 g/mol. The van der Waals surface area contributed by atoms with Crippen LogP contribution in [0, 0.1) is 11.3 Å². The number of nitriles is 1. The van der Waals surface area contributed by atoms with E-state index < -0.39 is 6.04 Å². The first kappa shape index (κ1) is 17.5. The third-order valence-corrected chi connectivity index (χ3v) is 4.69. The molecule has 1 atom stereocenters. The number of benzene rings is 2. The maximum absolute atomic E-state index is 13.1. The number of carbonyl (C=O) groups is 1. The number of allylic oxidation sites excluding steroid dienone is 1. The van der Waals surface area contributed by atoms with E-state index >= 15 is 0 Å². The third-order valence-electron chi connectivity index (χ3n) is 4.69. The lowest BCUT2D eigenvalue weighted by molar-refractivity contribution is -0.118. The molecule has 0 unspecified atom stereocenters. The molecule has 1 aliphatic heterocycles. The van der Waals surface area contributed by atoms with Gasteiger partial charge < -0.3 is 10.6 Å². The molecule has 7 nitrogen and oxygen atoms in total. The summed E-state index contributed by atoms with van der Waals surface area (Å²) in [7, 11) is 0. The maximum Gasteiger partial charge on any atom is 0.251 e. The van der Waals surface area contributed by atoms with Crippen LogP contribution in [0.25, 0.3) is 0 Å². The van der Waals surface area contributed by atoms with E-state index in [0.29, 0.717) is 23.6 Å². The normalized spacial score (nSPS) is 15.4. The molecule has 3 aromatic rings. The summed E-state index contributed by atoms with van der Waals surface area (Å²) in [5.74, 6) is 0.399. The molecule has 0 bridgehead atoms. The van der Waals surface area contributed by atoms with E-state index in [1.165, 1.54) is 6.33 Å². The van der Waals surface area contributed by atoms with Crippen LogP contribution in [-0.2, 0) is 11.3 Å². The van der Waals surface area contributed by atoms with Crippen molar-refractivity contribution in [2.24, 2.45) is 0 Å². The number of hydrogen-bond donors (Lipinski definition) is 2. The quantitative estimate of drug-likeness (QED) is 0.736. The SMILES string of the molecule is CC1=C(C(=O)NCc2ccccc2)[C@H](c2ccc(C#N)cc2)n2ncnc2N1. The van der Waals surface area contributed by atoms with Crippen molar-refractivity contribution in [3.63, 3.8) is 0 Å². The smallest absolute Gasteiger partial charge is 0.251 e. The van der Waals surface area contributed by atoms with Crippen LogP contribution in [0.1, 0.15) is 29.7 Å². The standard InChI is InChI=1S/C21H18N6O/c1-14-18(20(28)23-12-16-5-3-2-4-6-16)19(27-21(26-14)24-13-25-27)17-9-7-15(11-22)8-10-17/h2-10,13,19H,12H2,1H3,(H,23,28)(H,24,25,26)/t19-/m0/s1. The van der Waals surface area contributed by atoms with Crippen molar-refractivity contribution in [3.8, 4) is 6.07 Å². The number of carbonyl (C=O) groups excluding carboxylic acids is 1. The van der Waals surface area contributed by atoms with Crippen molar-refractivity contribution >= 4 is 11.9 Å². The highest BCUT2D eigenvalue weighted by Crippen LogP contribution is 2.34. The van der Waals surface area contributed by atoms with E-state index in [9.17, 15) is 4.79 Å². The van der Waals surface area contributed by atoms with Gasteiger partial charge in [0.25, 0.3) is 5.91 Å². The van der Waals surface area contributed by atoms with Gasteiger partial charge in [0.2, 0.25) is 5.95 Å². The fourth-order valence-electron chi connectivity index (χ4n) is 3.31. The number of rotatable bonds is 4. The van der Waals surface area contributed by atoms with E-state index in [4.69, 9.17) is 5.26 Å². The first-order chi connectivity index (χ1) is 13.7. The Kier molecular flexibility index (Phi) is 4.60. The Morgan fingerprint density at radius 3 is 2.68 bits per heavy atom. The number of aromatic nitrogens is 3. The molecule has 1 amide bonds. The zero-order valence-corrected chi connectivity index (χ0v) is 15.3. The highest BCUT2D eigenvalue weighted by Gasteiger charge is 2.33. The van der Waals surface area contributed by atoms with Gasteiger partial charge >= 0.3 is 0 Å². The van der Waals surface area contributed by atoms with E-state index in [0.717, 1.165) is 16.8 Å². The lowest BCUT2D eigenvalue weighted by Crippen LogP contribution is -2.34. The second-order valence-electron chi connectivity index (χ2n) is 6.50. The summed E-state index contributed by atoms with van der Waals surface area (Å²) < 4.78 is 1.69. The van der Waals surface area contributed by atoms with Gasteiger partial charge in [-0.3, -0.25) is 4.79 Å². The highest BCUT2D eigenvalue weighted by molar-refractivity contribution is 5.96. The average Bonchev–Trinajstić information content (AvgIpc) is 3.20. The number of hydrogen-bond acceptors (Lipinski definition) is 5. The largest absolute Gasteiger partial charge is 0.348 e. The molecule has 1 aliphatic rings. The van der Waals surface area contributed by atoms with Crippen molar-refractivity contribution < 1.29 is 4.79 Å². The second-order valence-corrected chi connectivity index (χ2v) is 6.50. The fraction of sp³-hybridized carbons (Fsp3) is 0.143. The Bertz CT molecular complexity index is 1080. The molecule has 4 rings (SSSR count). The molecule has 0 aliphatic carbocycles. The molecule has 2 N–H and O–H groups in total. The van der Waals surface area contributed by atoms with Gasteiger partial charge in [-0.1, -0.05) is 42.5 Å². The van der Waals surface area contributed by atoms with Gasteiger partial charge in [0, 0.05) is 12.2 Å². The predicted molar refractivity (Wildman–Crippen MR) is 104 cm³/mol. The van der Waals surface area contributed by atoms with Crippen molar-refractivity contribution in [1.82, 2.24) is 20.1 Å². The second kappa shape index (κ2) is 7.37. The fourth-order valence-corrected chi connectivity index (χ4v) is 3.31. The van der Waals surface area contributed by atoms with Crippen molar-refractivity contribution in [3.05, 3.63) is 88.9 Å². The highest BCUT2D eigenvalue weighted by atomic mass is 16.1. The van der Waals surface area contributed by atoms with Gasteiger partial charge in [0.15, 0.2) is 0 Å². The minimum absolute atomic E-state index is 0.177. The minimum Gasteiger partial charge on any atom is -0.348 e. The van der Waals surface area contributed by atoms with Crippen LogP contribution in [0.15, 0.2) is 72.2 Å². The average molecular weight is 370 g/mol. The molecule has 1 aromatic heterocycles. The van der Waals surface area contributed by atoms with E-state index in [2.05, 4.69) is 26.8 Å². The third kappa shape index (κ3) is 3.23. The van der Waals surface area contributed by atoms with Crippen LogP contribution in [0.5, 0.6) is 0 Å². The predicted octanol–water partition coefficient (Wildman–Crippen LogP) is 2.76. The van der Waals surface area contributed by atoms with E-state index in [-0.39, 0.29) is 5.91 Å². The molecular weight excluding hydrogens is 352 g/mol. The number of fused-ring (bicyclic) bond motifs is 1. The molecule has 0 saturated heterocycles. The zero-order valence-electron chi connectivity index (χ0n) is 15.3. The zero-order chi connectivity index (χ0) is 19.5. The van der Waals surface area contributed by atoms with Gasteiger partial charge in [0.1, 0.15) is 12.4 Å². The molecule has 0 saturated carbocycles. The summed E-state index contributed by atoms with van der Waals surface area (Å²) in [5.41, 5.74) is 3.73.